The number of ether oxygens (including phenoxy) is 1. The number of aryl methyl sites for hydroxylation is 1. The second-order valence-corrected chi connectivity index (χ2v) is 7.43. The zero-order valence-electron chi connectivity index (χ0n) is 17.7. The summed E-state index contributed by atoms with van der Waals surface area (Å²) in [4.78, 5) is 50.2. The predicted octanol–water partition coefficient (Wildman–Crippen LogP) is 3.13. The van der Waals surface area contributed by atoms with E-state index >= 15 is 0 Å². The minimum absolute atomic E-state index is 0.105. The number of nitrogens with one attached hydrogen (secondary N) is 2. The smallest absolute Gasteiger partial charge is 0.339 e. The number of nitrogens with zero attached hydrogens (tertiary/aromatic N) is 1. The molecule has 0 bridgehead atoms. The van der Waals surface area contributed by atoms with Gasteiger partial charge in [0.05, 0.1) is 5.56 Å². The molecule has 8 heteroatoms. The Morgan fingerprint density at radius 2 is 1.58 bits per heavy atom. The number of rotatable bonds is 5. The Balaban J connectivity index is 1.78. The number of benzene rings is 2. The lowest BCUT2D eigenvalue weighted by atomic mass is 10.0. The lowest BCUT2D eigenvalue weighted by molar-refractivity contribution is -0.126. The Morgan fingerprint density at radius 1 is 0.968 bits per heavy atom. The van der Waals surface area contributed by atoms with Crippen molar-refractivity contribution in [1.29, 1.82) is 0 Å². The molecular weight excluding hydrogens is 398 g/mol. The molecule has 0 spiro atoms. The Morgan fingerprint density at radius 3 is 2.19 bits per heavy atom. The van der Waals surface area contributed by atoms with Gasteiger partial charge in [0, 0.05) is 37.5 Å². The van der Waals surface area contributed by atoms with E-state index in [-0.39, 0.29) is 23.3 Å². The summed E-state index contributed by atoms with van der Waals surface area (Å²) < 4.78 is 5.43. The lowest BCUT2D eigenvalue weighted by Crippen LogP contribution is -2.42. The summed E-state index contributed by atoms with van der Waals surface area (Å²) in [6.07, 6.45) is 0.727. The van der Waals surface area contributed by atoms with Crippen LogP contribution in [-0.4, -0.2) is 36.3 Å². The SMILES string of the molecule is CC(=O)Nc1cc(NC(C)=O)cc(C(=O)OC(C)C(=O)N2CCCc3ccccc32)c1. The molecule has 1 aliphatic rings. The minimum atomic E-state index is -1.01. The largest absolute Gasteiger partial charge is 0.449 e. The maximum Gasteiger partial charge on any atom is 0.339 e. The van der Waals surface area contributed by atoms with Crippen molar-refractivity contribution in [3.05, 3.63) is 53.6 Å². The second-order valence-electron chi connectivity index (χ2n) is 7.43. The highest BCUT2D eigenvalue weighted by Gasteiger charge is 2.28. The molecule has 31 heavy (non-hydrogen) atoms. The van der Waals surface area contributed by atoms with Crippen LogP contribution in [0, 0.1) is 0 Å². The van der Waals surface area contributed by atoms with Crippen LogP contribution in [0.2, 0.25) is 0 Å². The van der Waals surface area contributed by atoms with Gasteiger partial charge < -0.3 is 20.3 Å². The molecule has 2 N–H and O–H groups in total. The first-order chi connectivity index (χ1) is 14.7. The van der Waals surface area contributed by atoms with Gasteiger partial charge in [-0.1, -0.05) is 18.2 Å². The van der Waals surface area contributed by atoms with Gasteiger partial charge in [-0.05, 0) is 49.6 Å². The first-order valence-corrected chi connectivity index (χ1v) is 10.0. The Hall–Kier alpha value is -3.68. The molecule has 1 heterocycles. The van der Waals surface area contributed by atoms with Gasteiger partial charge in [0.2, 0.25) is 11.8 Å². The molecule has 1 aliphatic heterocycles. The zero-order chi connectivity index (χ0) is 22.5. The van der Waals surface area contributed by atoms with E-state index in [1.807, 2.05) is 24.3 Å². The monoisotopic (exact) mass is 423 g/mol. The molecule has 162 valence electrons. The number of carbonyl (C=O) groups is 4. The van der Waals surface area contributed by atoms with Gasteiger partial charge >= 0.3 is 5.97 Å². The standard InChI is InChI=1S/C23H25N3O5/c1-14(22(29)26-10-6-8-17-7-4-5-9-21(17)26)31-23(30)18-11-19(24-15(2)27)13-20(12-18)25-16(3)28/h4-5,7,9,11-14H,6,8,10H2,1-3H3,(H,24,27)(H,25,28). The molecule has 1 unspecified atom stereocenters. The first-order valence-electron chi connectivity index (χ1n) is 10.0. The van der Waals surface area contributed by atoms with Crippen molar-refractivity contribution in [2.75, 3.05) is 22.1 Å². The van der Waals surface area contributed by atoms with Crippen LogP contribution < -0.4 is 15.5 Å². The van der Waals surface area contributed by atoms with Crippen molar-refractivity contribution in [1.82, 2.24) is 0 Å². The number of fused-ring (bicyclic) bond motifs is 1. The third-order valence-electron chi connectivity index (χ3n) is 4.82. The highest BCUT2D eigenvalue weighted by atomic mass is 16.5. The van der Waals surface area contributed by atoms with Gasteiger partial charge in [0.25, 0.3) is 5.91 Å². The molecule has 1 atom stereocenters. The van der Waals surface area contributed by atoms with Crippen molar-refractivity contribution in [2.24, 2.45) is 0 Å². The normalized spacial score (nSPS) is 13.6. The molecule has 2 aromatic rings. The number of hydrogen-bond donors (Lipinski definition) is 2. The Bertz CT molecular complexity index is 999. The fraction of sp³-hybridized carbons (Fsp3) is 0.304. The summed E-state index contributed by atoms with van der Waals surface area (Å²) in [6.45, 7) is 4.76. The van der Waals surface area contributed by atoms with Crippen molar-refractivity contribution in [2.45, 2.75) is 39.7 Å². The van der Waals surface area contributed by atoms with Crippen LogP contribution in [0.3, 0.4) is 0 Å². The molecule has 0 aromatic heterocycles. The van der Waals surface area contributed by atoms with Crippen LogP contribution in [0.4, 0.5) is 17.1 Å². The molecule has 2 aromatic carbocycles. The lowest BCUT2D eigenvalue weighted by Gasteiger charge is -2.31. The topological polar surface area (TPSA) is 105 Å². The number of carbonyl (C=O) groups excluding carboxylic acids is 4. The fourth-order valence-corrected chi connectivity index (χ4v) is 3.56. The summed E-state index contributed by atoms with van der Waals surface area (Å²) in [5.74, 6) is -1.69. The van der Waals surface area contributed by atoms with E-state index in [1.54, 1.807) is 4.90 Å². The van der Waals surface area contributed by atoms with Gasteiger partial charge in [0.1, 0.15) is 0 Å². The van der Waals surface area contributed by atoms with E-state index in [0.29, 0.717) is 17.9 Å². The van der Waals surface area contributed by atoms with E-state index in [1.165, 1.54) is 39.0 Å². The van der Waals surface area contributed by atoms with Gasteiger partial charge in [-0.15, -0.1) is 0 Å². The van der Waals surface area contributed by atoms with E-state index in [9.17, 15) is 19.2 Å². The number of amides is 3. The van der Waals surface area contributed by atoms with Crippen LogP contribution in [0.5, 0.6) is 0 Å². The van der Waals surface area contributed by atoms with E-state index in [4.69, 9.17) is 4.74 Å². The van der Waals surface area contributed by atoms with Gasteiger partial charge in [0.15, 0.2) is 6.10 Å². The average molecular weight is 423 g/mol. The van der Waals surface area contributed by atoms with Crippen molar-refractivity contribution < 1.29 is 23.9 Å². The molecule has 0 saturated heterocycles. The van der Waals surface area contributed by atoms with Crippen LogP contribution in [0.1, 0.15) is 43.1 Å². The predicted molar refractivity (Wildman–Crippen MR) is 117 cm³/mol. The van der Waals surface area contributed by atoms with E-state index < -0.39 is 12.1 Å². The molecule has 0 aliphatic carbocycles. The Kier molecular flexibility index (Phi) is 6.69. The van der Waals surface area contributed by atoms with Crippen molar-refractivity contribution in [3.8, 4) is 0 Å². The quantitative estimate of drug-likeness (QED) is 0.719. The molecular formula is C23H25N3O5. The summed E-state index contributed by atoms with van der Waals surface area (Å²) >= 11 is 0. The van der Waals surface area contributed by atoms with E-state index in [0.717, 1.165) is 24.1 Å². The first kappa shape index (κ1) is 22.0. The average Bonchev–Trinajstić information content (AvgIpc) is 2.71. The summed E-state index contributed by atoms with van der Waals surface area (Å²) in [5, 5.41) is 5.16. The van der Waals surface area contributed by atoms with Gasteiger partial charge in [-0.3, -0.25) is 14.4 Å². The molecule has 3 amide bonds. The second kappa shape index (κ2) is 9.42. The highest BCUT2D eigenvalue weighted by Crippen LogP contribution is 2.28. The fourth-order valence-electron chi connectivity index (χ4n) is 3.56. The maximum absolute atomic E-state index is 13.0. The number of anilines is 3. The van der Waals surface area contributed by atoms with Crippen LogP contribution in [-0.2, 0) is 25.5 Å². The number of hydrogen-bond acceptors (Lipinski definition) is 5. The summed E-state index contributed by atoms with van der Waals surface area (Å²) in [7, 11) is 0. The number of para-hydroxylation sites is 1. The summed E-state index contributed by atoms with van der Waals surface area (Å²) in [5.41, 5.74) is 2.68. The molecule has 0 radical (unpaired) electrons. The summed E-state index contributed by atoms with van der Waals surface area (Å²) in [6, 6.07) is 12.1. The highest BCUT2D eigenvalue weighted by molar-refractivity contribution is 6.01. The molecule has 8 nitrogen and oxygen atoms in total. The van der Waals surface area contributed by atoms with Crippen LogP contribution in [0.15, 0.2) is 42.5 Å². The number of esters is 1. The van der Waals surface area contributed by atoms with E-state index in [2.05, 4.69) is 10.6 Å². The van der Waals surface area contributed by atoms with Gasteiger partial charge in [-0.25, -0.2) is 4.79 Å². The van der Waals surface area contributed by atoms with Gasteiger partial charge in [-0.2, -0.15) is 0 Å². The zero-order valence-corrected chi connectivity index (χ0v) is 17.7. The van der Waals surface area contributed by atoms with Crippen molar-refractivity contribution in [3.63, 3.8) is 0 Å². The van der Waals surface area contributed by atoms with Crippen LogP contribution >= 0.6 is 0 Å². The molecule has 0 fully saturated rings. The molecule has 0 saturated carbocycles. The maximum atomic E-state index is 13.0. The Labute approximate surface area is 180 Å². The molecule has 3 rings (SSSR count). The van der Waals surface area contributed by atoms with Crippen LogP contribution in [0.25, 0.3) is 0 Å². The minimum Gasteiger partial charge on any atom is -0.449 e. The van der Waals surface area contributed by atoms with Crippen molar-refractivity contribution >= 4 is 40.8 Å². The third kappa shape index (κ3) is 5.48. The third-order valence-corrected chi connectivity index (χ3v) is 4.82.